The minimum atomic E-state index is -0.969. The number of nitrogens with zero attached hydrogens (tertiary/aromatic N) is 2. The summed E-state index contributed by atoms with van der Waals surface area (Å²) in [4.78, 5) is 14.6. The molecule has 0 radical (unpaired) electrons. The summed E-state index contributed by atoms with van der Waals surface area (Å²) in [6, 6.07) is 1.80. The molecule has 0 aromatic heterocycles. The quantitative estimate of drug-likeness (QED) is 0.275. The van der Waals surface area contributed by atoms with Crippen LogP contribution in [-0.4, -0.2) is 81.6 Å². The molecule has 0 spiro atoms. The van der Waals surface area contributed by atoms with Crippen molar-refractivity contribution in [2.45, 2.75) is 83.3 Å². The van der Waals surface area contributed by atoms with Crippen LogP contribution in [-0.2, 0) is 19.0 Å². The van der Waals surface area contributed by atoms with E-state index in [1.165, 1.54) is 6.04 Å². The van der Waals surface area contributed by atoms with E-state index in [4.69, 9.17) is 14.2 Å². The van der Waals surface area contributed by atoms with Crippen LogP contribution in [0.25, 0.3) is 0 Å². The van der Waals surface area contributed by atoms with Crippen molar-refractivity contribution >= 4 is 14.4 Å². The van der Waals surface area contributed by atoms with Crippen molar-refractivity contribution in [3.05, 3.63) is 12.3 Å². The average Bonchev–Trinajstić information content (AvgIpc) is 2.98. The van der Waals surface area contributed by atoms with Crippen molar-refractivity contribution in [3.63, 3.8) is 0 Å². The third-order valence-corrected chi connectivity index (χ3v) is 7.42. The van der Waals surface area contributed by atoms with E-state index < -0.39 is 8.07 Å². The lowest BCUT2D eigenvalue weighted by molar-refractivity contribution is -0.108. The van der Waals surface area contributed by atoms with E-state index in [2.05, 4.69) is 56.4 Å². The highest BCUT2D eigenvalue weighted by Gasteiger charge is 2.37. The highest BCUT2D eigenvalue weighted by atomic mass is 28.3. The van der Waals surface area contributed by atoms with Gasteiger partial charge in [-0.15, -0.1) is 0 Å². The Morgan fingerprint density at radius 1 is 1.04 bits per heavy atom. The van der Waals surface area contributed by atoms with Gasteiger partial charge in [-0.05, 0) is 53.9 Å². The predicted molar refractivity (Wildman–Crippen MR) is 117 cm³/mol. The Hall–Kier alpha value is -0.733. The molecular formula is C21H42N2O4Si. The van der Waals surface area contributed by atoms with Gasteiger partial charge in [-0.1, -0.05) is 19.6 Å². The van der Waals surface area contributed by atoms with Crippen molar-refractivity contribution in [3.8, 4) is 0 Å². The van der Waals surface area contributed by atoms with Crippen LogP contribution in [0.5, 0.6) is 0 Å². The number of carbonyl (C=O) groups is 1. The maximum Gasteiger partial charge on any atom is 0.121 e. The first-order valence-corrected chi connectivity index (χ1v) is 14.0. The number of aldehydes is 1. The first kappa shape index (κ1) is 25.3. The van der Waals surface area contributed by atoms with Gasteiger partial charge >= 0.3 is 0 Å². The number of ether oxygens (including phenoxy) is 3. The molecule has 2 aliphatic rings. The molecule has 0 saturated carbocycles. The maximum atomic E-state index is 10.2. The molecule has 2 fully saturated rings. The molecule has 28 heavy (non-hydrogen) atoms. The summed E-state index contributed by atoms with van der Waals surface area (Å²) in [5.74, 6) is 0. The second-order valence-corrected chi connectivity index (χ2v) is 15.5. The fourth-order valence-electron chi connectivity index (χ4n) is 2.96. The molecule has 0 aromatic carbocycles. The molecule has 0 aliphatic carbocycles. The van der Waals surface area contributed by atoms with Crippen LogP contribution in [0.1, 0.15) is 34.1 Å². The van der Waals surface area contributed by atoms with Gasteiger partial charge in [0, 0.05) is 20.5 Å². The second kappa shape index (κ2) is 10.3. The molecule has 0 aromatic rings. The van der Waals surface area contributed by atoms with Crippen molar-refractivity contribution in [2.75, 3.05) is 33.9 Å². The Morgan fingerprint density at radius 2 is 1.61 bits per heavy atom. The molecule has 2 atom stereocenters. The van der Waals surface area contributed by atoms with Crippen LogP contribution in [0, 0.1) is 0 Å². The Balaban J connectivity index is 0.000000307. The van der Waals surface area contributed by atoms with E-state index in [0.717, 1.165) is 19.5 Å². The van der Waals surface area contributed by atoms with Gasteiger partial charge < -0.3 is 19.0 Å². The molecule has 0 amide bonds. The van der Waals surface area contributed by atoms with Gasteiger partial charge in [0.05, 0.1) is 32.1 Å². The zero-order valence-corrected chi connectivity index (χ0v) is 20.4. The Labute approximate surface area is 173 Å². The van der Waals surface area contributed by atoms with Crippen LogP contribution in [0.15, 0.2) is 12.3 Å². The first-order chi connectivity index (χ1) is 12.8. The number of rotatable bonds is 7. The molecule has 2 rings (SSSR count). The van der Waals surface area contributed by atoms with Crippen LogP contribution in [0.2, 0.25) is 25.7 Å². The van der Waals surface area contributed by atoms with Crippen LogP contribution < -0.4 is 0 Å². The lowest BCUT2D eigenvalue weighted by Crippen LogP contribution is -2.40. The number of hydrogen-bond acceptors (Lipinski definition) is 6. The number of carbonyl (C=O) groups excluding carboxylic acids is 1. The second-order valence-electron chi connectivity index (χ2n) is 9.87. The molecule has 0 N–H and O–H groups in total. The van der Waals surface area contributed by atoms with E-state index in [9.17, 15) is 4.79 Å². The molecule has 2 saturated heterocycles. The summed E-state index contributed by atoms with van der Waals surface area (Å²) in [7, 11) is 3.11. The molecule has 2 aliphatic heterocycles. The largest absolute Gasteiger partial charge is 0.502 e. The molecule has 2 heterocycles. The lowest BCUT2D eigenvalue weighted by atomic mass is 10.2. The van der Waals surface area contributed by atoms with Gasteiger partial charge in [0.1, 0.15) is 17.7 Å². The molecule has 0 bridgehead atoms. The molecule has 6 nitrogen and oxygen atoms in total. The smallest absolute Gasteiger partial charge is 0.121 e. The number of likely N-dealkylation sites (N-methyl/N-ethyl adjacent to an activating group) is 2. The summed E-state index contributed by atoms with van der Waals surface area (Å²) >= 11 is 0. The van der Waals surface area contributed by atoms with Gasteiger partial charge in [0.15, 0.2) is 0 Å². The summed E-state index contributed by atoms with van der Waals surface area (Å²) in [5.41, 5.74) is -0.360. The Bertz CT molecular complexity index is 517. The summed E-state index contributed by atoms with van der Waals surface area (Å²) in [6.45, 7) is 17.5. The first-order valence-electron chi connectivity index (χ1n) is 10.3. The monoisotopic (exact) mass is 414 g/mol. The van der Waals surface area contributed by atoms with Crippen molar-refractivity contribution in [1.29, 1.82) is 0 Å². The van der Waals surface area contributed by atoms with Gasteiger partial charge in [0.2, 0.25) is 0 Å². The van der Waals surface area contributed by atoms with Gasteiger partial charge in [-0.3, -0.25) is 9.80 Å². The lowest BCUT2D eigenvalue weighted by Gasteiger charge is -2.28. The van der Waals surface area contributed by atoms with E-state index >= 15 is 0 Å². The van der Waals surface area contributed by atoms with Crippen LogP contribution >= 0.6 is 0 Å². The third-order valence-electron chi connectivity index (χ3n) is 5.72. The maximum absolute atomic E-state index is 10.2. The standard InChI is InChI=1S/C13H27NO2Si.C8H15NO2/c1-13(2)14(3)12(11-16-13)7-8-15-9-10-17(4,5)6;1-8(2)9(3)7(4-5-10)6-11-8/h7-8,12H,9-11H2,1-6H3;5,7H,4,6H2,1-3H3. The van der Waals surface area contributed by atoms with E-state index in [-0.39, 0.29) is 17.5 Å². The molecule has 2 unspecified atom stereocenters. The number of hydrogen-bond donors (Lipinski definition) is 0. The van der Waals surface area contributed by atoms with Gasteiger partial charge in [-0.25, -0.2) is 0 Å². The normalized spacial score (nSPS) is 27.6. The summed E-state index contributed by atoms with van der Waals surface area (Å²) in [5, 5.41) is 0. The summed E-state index contributed by atoms with van der Waals surface area (Å²) in [6.07, 6.45) is 5.46. The molecule has 164 valence electrons. The fraction of sp³-hybridized carbons (Fsp3) is 0.857. The zero-order valence-electron chi connectivity index (χ0n) is 19.4. The van der Waals surface area contributed by atoms with Crippen molar-refractivity contribution in [1.82, 2.24) is 9.80 Å². The zero-order chi connectivity index (χ0) is 21.6. The Morgan fingerprint density at radius 3 is 2.04 bits per heavy atom. The van der Waals surface area contributed by atoms with E-state index in [1.54, 1.807) is 0 Å². The average molecular weight is 415 g/mol. The fourth-order valence-corrected chi connectivity index (χ4v) is 3.69. The SMILES string of the molecule is CN1C(C=COCC[Si](C)(C)C)COC1(C)C.CN1C(CC=O)COC1(C)C. The Kier molecular flexibility index (Phi) is 9.35. The van der Waals surface area contributed by atoms with Crippen LogP contribution in [0.4, 0.5) is 0 Å². The van der Waals surface area contributed by atoms with Crippen molar-refractivity contribution in [2.24, 2.45) is 0 Å². The van der Waals surface area contributed by atoms with Gasteiger partial charge in [-0.2, -0.15) is 0 Å². The van der Waals surface area contributed by atoms with E-state index in [0.29, 0.717) is 19.1 Å². The topological polar surface area (TPSA) is 51.2 Å². The third kappa shape index (κ3) is 7.95. The van der Waals surface area contributed by atoms with E-state index in [1.807, 2.05) is 27.2 Å². The minimum absolute atomic E-state index is 0.159. The minimum Gasteiger partial charge on any atom is -0.502 e. The highest BCUT2D eigenvalue weighted by Crippen LogP contribution is 2.26. The summed E-state index contributed by atoms with van der Waals surface area (Å²) < 4.78 is 16.7. The van der Waals surface area contributed by atoms with Crippen LogP contribution in [0.3, 0.4) is 0 Å². The predicted octanol–water partition coefficient (Wildman–Crippen LogP) is 3.56. The van der Waals surface area contributed by atoms with Crippen molar-refractivity contribution < 1.29 is 19.0 Å². The molecule has 7 heteroatoms. The van der Waals surface area contributed by atoms with Gasteiger partial charge in [0.25, 0.3) is 0 Å². The molecular weight excluding hydrogens is 372 g/mol. The highest BCUT2D eigenvalue weighted by molar-refractivity contribution is 6.76.